The van der Waals surface area contributed by atoms with Gasteiger partial charge in [-0.1, -0.05) is 11.6 Å². The summed E-state index contributed by atoms with van der Waals surface area (Å²) >= 11 is 7.44. The van der Waals surface area contributed by atoms with Crippen molar-refractivity contribution in [3.8, 4) is 0 Å². The average Bonchev–Trinajstić information content (AvgIpc) is 2.69. The monoisotopic (exact) mass is 276 g/mol. The number of methoxy groups -OCH3 is 1. The number of hydrogen-bond donors (Lipinski definition) is 1. The van der Waals surface area contributed by atoms with Gasteiger partial charge >= 0.3 is 0 Å². The summed E-state index contributed by atoms with van der Waals surface area (Å²) in [6.07, 6.45) is 0. The Kier molecular flexibility index (Phi) is 5.91. The van der Waals surface area contributed by atoms with Crippen molar-refractivity contribution in [3.63, 3.8) is 0 Å². The van der Waals surface area contributed by atoms with Crippen molar-refractivity contribution in [2.24, 2.45) is 5.73 Å². The smallest absolute Gasteiger partial charge is 0.234 e. The quantitative estimate of drug-likeness (QED) is 0.825. The Bertz CT molecular complexity index is 370. The van der Waals surface area contributed by atoms with Crippen molar-refractivity contribution in [3.05, 3.63) is 21.3 Å². The number of nitrogens with two attached hydrogens (primary N) is 1. The van der Waals surface area contributed by atoms with E-state index < -0.39 is 0 Å². The largest absolute Gasteiger partial charge is 0.383 e. The first-order valence-electron chi connectivity index (χ1n) is 5.29. The van der Waals surface area contributed by atoms with Gasteiger partial charge < -0.3 is 10.5 Å². The lowest BCUT2D eigenvalue weighted by atomic mass is 10.2. The van der Waals surface area contributed by atoms with E-state index in [1.165, 1.54) is 0 Å². The van der Waals surface area contributed by atoms with Gasteiger partial charge in [-0.15, -0.1) is 11.3 Å². The van der Waals surface area contributed by atoms with Crippen LogP contribution in [0.4, 0.5) is 0 Å². The van der Waals surface area contributed by atoms with Crippen molar-refractivity contribution in [2.75, 3.05) is 20.3 Å². The first kappa shape index (κ1) is 14.4. The van der Waals surface area contributed by atoms with E-state index in [2.05, 4.69) is 0 Å². The number of nitrogens with zero attached hydrogens (tertiary/aromatic N) is 1. The standard InChI is InChI=1S/C11H17ClN2O2S/c1-8(11(13)15)14(3-4-16-2)6-10-5-9(12)7-17-10/h5,7-8H,3-4,6H2,1-2H3,(H2,13,15)/t8-/m1/s1. The predicted octanol–water partition coefficient (Wildman–Crippen LogP) is 1.72. The van der Waals surface area contributed by atoms with Crippen molar-refractivity contribution in [1.29, 1.82) is 0 Å². The first-order valence-corrected chi connectivity index (χ1v) is 6.55. The van der Waals surface area contributed by atoms with Gasteiger partial charge in [-0.3, -0.25) is 9.69 Å². The molecule has 0 aliphatic carbocycles. The zero-order valence-corrected chi connectivity index (χ0v) is 11.6. The van der Waals surface area contributed by atoms with Crippen LogP contribution in [-0.4, -0.2) is 37.1 Å². The van der Waals surface area contributed by atoms with Crippen molar-refractivity contribution in [2.45, 2.75) is 19.5 Å². The van der Waals surface area contributed by atoms with Gasteiger partial charge in [0.15, 0.2) is 0 Å². The van der Waals surface area contributed by atoms with E-state index in [0.717, 1.165) is 9.90 Å². The lowest BCUT2D eigenvalue weighted by molar-refractivity contribution is -0.123. The fraction of sp³-hybridized carbons (Fsp3) is 0.545. The summed E-state index contributed by atoms with van der Waals surface area (Å²) in [5, 5.41) is 2.60. The lowest BCUT2D eigenvalue weighted by Crippen LogP contribution is -2.43. The Morgan fingerprint density at radius 1 is 1.71 bits per heavy atom. The summed E-state index contributed by atoms with van der Waals surface area (Å²) in [4.78, 5) is 14.3. The van der Waals surface area contributed by atoms with Crippen molar-refractivity contribution < 1.29 is 9.53 Å². The summed E-state index contributed by atoms with van der Waals surface area (Å²) < 4.78 is 5.03. The summed E-state index contributed by atoms with van der Waals surface area (Å²) in [7, 11) is 1.63. The van der Waals surface area contributed by atoms with Crippen LogP contribution in [0.15, 0.2) is 11.4 Å². The van der Waals surface area contributed by atoms with Gasteiger partial charge in [0.2, 0.25) is 5.91 Å². The molecule has 0 aliphatic heterocycles. The third-order valence-electron chi connectivity index (χ3n) is 2.52. The molecule has 1 atom stereocenters. The molecule has 1 aromatic heterocycles. The van der Waals surface area contributed by atoms with Crippen LogP contribution in [0.2, 0.25) is 5.02 Å². The third kappa shape index (κ3) is 4.63. The number of hydrogen-bond acceptors (Lipinski definition) is 4. The normalized spacial score (nSPS) is 12.9. The highest BCUT2D eigenvalue weighted by Gasteiger charge is 2.19. The summed E-state index contributed by atoms with van der Waals surface area (Å²) in [6, 6.07) is 1.59. The molecule has 2 N–H and O–H groups in total. The Hall–Kier alpha value is -0.620. The third-order valence-corrected chi connectivity index (χ3v) is 3.79. The molecular weight excluding hydrogens is 260 g/mol. The van der Waals surface area contributed by atoms with Gasteiger partial charge in [0.25, 0.3) is 0 Å². The van der Waals surface area contributed by atoms with E-state index in [4.69, 9.17) is 22.1 Å². The van der Waals surface area contributed by atoms with Gasteiger partial charge in [0.05, 0.1) is 17.7 Å². The number of rotatable bonds is 7. The van der Waals surface area contributed by atoms with E-state index in [-0.39, 0.29) is 11.9 Å². The highest BCUT2D eigenvalue weighted by molar-refractivity contribution is 7.10. The molecule has 0 saturated carbocycles. The molecule has 0 saturated heterocycles. The van der Waals surface area contributed by atoms with E-state index in [1.807, 2.05) is 16.3 Å². The Morgan fingerprint density at radius 2 is 2.41 bits per heavy atom. The highest BCUT2D eigenvalue weighted by Crippen LogP contribution is 2.21. The lowest BCUT2D eigenvalue weighted by Gasteiger charge is -2.25. The molecule has 0 unspecified atom stereocenters. The topological polar surface area (TPSA) is 55.6 Å². The maximum atomic E-state index is 11.2. The molecule has 1 heterocycles. The number of primary amides is 1. The van der Waals surface area contributed by atoms with Crippen LogP contribution in [0.3, 0.4) is 0 Å². The number of amides is 1. The molecule has 0 aliphatic rings. The average molecular weight is 277 g/mol. The summed E-state index contributed by atoms with van der Waals surface area (Å²) in [5.41, 5.74) is 5.32. The van der Waals surface area contributed by atoms with Crippen LogP contribution in [-0.2, 0) is 16.1 Å². The maximum absolute atomic E-state index is 11.2. The maximum Gasteiger partial charge on any atom is 0.234 e. The van der Waals surface area contributed by atoms with E-state index in [9.17, 15) is 4.79 Å². The van der Waals surface area contributed by atoms with Crippen molar-refractivity contribution >= 4 is 28.8 Å². The minimum absolute atomic E-state index is 0.314. The molecule has 0 radical (unpaired) electrons. The molecule has 4 nitrogen and oxygen atoms in total. The van der Waals surface area contributed by atoms with Gasteiger partial charge in [-0.25, -0.2) is 0 Å². The molecule has 6 heteroatoms. The zero-order chi connectivity index (χ0) is 12.8. The van der Waals surface area contributed by atoms with Crippen LogP contribution in [0.25, 0.3) is 0 Å². The first-order chi connectivity index (χ1) is 8.04. The number of ether oxygens (including phenoxy) is 1. The Balaban J connectivity index is 2.65. The predicted molar refractivity (Wildman–Crippen MR) is 70.3 cm³/mol. The Labute approximate surface area is 110 Å². The molecule has 0 spiro atoms. The molecule has 0 bridgehead atoms. The van der Waals surface area contributed by atoms with E-state index >= 15 is 0 Å². The molecule has 1 rings (SSSR count). The van der Waals surface area contributed by atoms with Crippen LogP contribution in [0.1, 0.15) is 11.8 Å². The fourth-order valence-electron chi connectivity index (χ4n) is 1.44. The van der Waals surface area contributed by atoms with Crippen LogP contribution in [0, 0.1) is 0 Å². The van der Waals surface area contributed by atoms with E-state index in [1.54, 1.807) is 25.4 Å². The minimum Gasteiger partial charge on any atom is -0.383 e. The Morgan fingerprint density at radius 3 is 2.88 bits per heavy atom. The number of carbonyl (C=O) groups excluding carboxylic acids is 1. The van der Waals surface area contributed by atoms with Crippen LogP contribution >= 0.6 is 22.9 Å². The molecule has 96 valence electrons. The fourth-order valence-corrected chi connectivity index (χ4v) is 2.53. The van der Waals surface area contributed by atoms with Gasteiger partial charge in [0, 0.05) is 30.5 Å². The molecular formula is C11H17ClN2O2S. The number of carbonyl (C=O) groups is 1. The molecule has 0 fully saturated rings. The summed E-state index contributed by atoms with van der Waals surface area (Å²) in [5.74, 6) is -0.330. The van der Waals surface area contributed by atoms with Gasteiger partial charge in [-0.2, -0.15) is 0 Å². The van der Waals surface area contributed by atoms with Crippen molar-refractivity contribution in [1.82, 2.24) is 4.90 Å². The SMILES string of the molecule is COCCN(Cc1cc(Cl)cs1)[C@H](C)C(N)=O. The second-order valence-corrected chi connectivity index (χ2v) is 5.21. The molecule has 1 aromatic rings. The molecule has 0 aromatic carbocycles. The zero-order valence-electron chi connectivity index (χ0n) is 9.98. The van der Waals surface area contributed by atoms with Crippen LogP contribution < -0.4 is 5.73 Å². The highest BCUT2D eigenvalue weighted by atomic mass is 35.5. The molecule has 1 amide bonds. The van der Waals surface area contributed by atoms with E-state index in [0.29, 0.717) is 19.7 Å². The second kappa shape index (κ2) is 6.96. The minimum atomic E-state index is -0.330. The second-order valence-electron chi connectivity index (χ2n) is 3.77. The van der Waals surface area contributed by atoms with Crippen LogP contribution in [0.5, 0.6) is 0 Å². The van der Waals surface area contributed by atoms with Gasteiger partial charge in [0.1, 0.15) is 0 Å². The molecule has 17 heavy (non-hydrogen) atoms. The number of halogens is 1. The number of thiophene rings is 1. The van der Waals surface area contributed by atoms with Gasteiger partial charge in [-0.05, 0) is 13.0 Å². The summed E-state index contributed by atoms with van der Waals surface area (Å²) in [6.45, 7) is 3.69.